The molecule has 2 unspecified atom stereocenters. The van der Waals surface area contributed by atoms with Crippen LogP contribution in [-0.4, -0.2) is 41.5 Å². The highest BCUT2D eigenvalue weighted by Gasteiger charge is 2.22. The molecule has 0 aliphatic heterocycles. The molecular formula is C13H23N3S. The van der Waals surface area contributed by atoms with E-state index in [1.165, 1.54) is 5.56 Å². The van der Waals surface area contributed by atoms with E-state index < -0.39 is 0 Å². The summed E-state index contributed by atoms with van der Waals surface area (Å²) in [6.45, 7) is 3.19. The molecule has 17 heavy (non-hydrogen) atoms. The Balaban J connectivity index is 2.80. The van der Waals surface area contributed by atoms with Crippen LogP contribution in [0.3, 0.4) is 0 Å². The zero-order chi connectivity index (χ0) is 12.7. The van der Waals surface area contributed by atoms with Gasteiger partial charge in [-0.05, 0) is 31.4 Å². The Morgan fingerprint density at radius 1 is 1.53 bits per heavy atom. The second-order valence-corrected chi connectivity index (χ2v) is 5.26. The van der Waals surface area contributed by atoms with Crippen molar-refractivity contribution in [3.63, 3.8) is 0 Å². The van der Waals surface area contributed by atoms with E-state index in [0.717, 1.165) is 18.7 Å². The van der Waals surface area contributed by atoms with E-state index in [9.17, 15) is 0 Å². The van der Waals surface area contributed by atoms with Crippen LogP contribution in [0, 0.1) is 0 Å². The van der Waals surface area contributed by atoms with Crippen LogP contribution < -0.4 is 5.73 Å². The van der Waals surface area contributed by atoms with E-state index in [0.29, 0.717) is 0 Å². The first-order valence-electron chi connectivity index (χ1n) is 6.05. The Kier molecular flexibility index (Phi) is 6.55. The maximum Gasteiger partial charge on any atom is 0.0511 e. The van der Waals surface area contributed by atoms with Gasteiger partial charge in [-0.25, -0.2) is 0 Å². The Morgan fingerprint density at radius 3 is 2.82 bits per heavy atom. The molecule has 0 aromatic carbocycles. The maximum atomic E-state index is 6.25. The van der Waals surface area contributed by atoms with Gasteiger partial charge in [0, 0.05) is 30.7 Å². The fraction of sp³-hybridized carbons (Fsp3) is 0.615. The molecule has 3 nitrogen and oxygen atoms in total. The lowest BCUT2D eigenvalue weighted by Crippen LogP contribution is -2.39. The zero-order valence-electron chi connectivity index (χ0n) is 11.0. The first kappa shape index (κ1) is 14.5. The molecule has 1 heterocycles. The van der Waals surface area contributed by atoms with Crippen molar-refractivity contribution in [1.29, 1.82) is 0 Å². The Labute approximate surface area is 109 Å². The minimum absolute atomic E-state index is 0.158. The van der Waals surface area contributed by atoms with Crippen molar-refractivity contribution in [3.8, 4) is 0 Å². The number of aromatic nitrogens is 1. The normalized spacial score (nSPS) is 14.9. The number of nitrogens with two attached hydrogens (primary N) is 1. The van der Waals surface area contributed by atoms with Crippen LogP contribution in [0.5, 0.6) is 0 Å². The first-order chi connectivity index (χ1) is 8.20. The molecule has 4 heteroatoms. The third-order valence-electron chi connectivity index (χ3n) is 3.03. The van der Waals surface area contributed by atoms with Crippen LogP contribution in [0.25, 0.3) is 0 Å². The maximum absolute atomic E-state index is 6.25. The molecule has 2 atom stereocenters. The number of hydrogen-bond donors (Lipinski definition) is 1. The Morgan fingerprint density at radius 2 is 2.29 bits per heavy atom. The average Bonchev–Trinajstić information content (AvgIpc) is 2.37. The van der Waals surface area contributed by atoms with Crippen LogP contribution >= 0.6 is 11.8 Å². The van der Waals surface area contributed by atoms with Gasteiger partial charge in [0.15, 0.2) is 0 Å². The van der Waals surface area contributed by atoms with Crippen molar-refractivity contribution in [3.05, 3.63) is 30.1 Å². The minimum atomic E-state index is 0.158. The quantitative estimate of drug-likeness (QED) is 0.808. The van der Waals surface area contributed by atoms with Gasteiger partial charge in [0.2, 0.25) is 0 Å². The van der Waals surface area contributed by atoms with Gasteiger partial charge in [-0.15, -0.1) is 0 Å². The molecule has 1 aromatic heterocycles. The highest BCUT2D eigenvalue weighted by atomic mass is 32.2. The Bertz CT molecular complexity index is 305. The SMILES string of the molecule is CCC(N)C(c1cccnc1)N(C)CCSC. The number of nitrogens with zero attached hydrogens (tertiary/aromatic N) is 2. The summed E-state index contributed by atoms with van der Waals surface area (Å²) in [6.07, 6.45) is 6.84. The van der Waals surface area contributed by atoms with Crippen molar-refractivity contribution >= 4 is 11.8 Å². The fourth-order valence-electron chi connectivity index (χ4n) is 1.98. The lowest BCUT2D eigenvalue weighted by atomic mass is 9.98. The molecule has 0 saturated heterocycles. The molecular weight excluding hydrogens is 230 g/mol. The van der Waals surface area contributed by atoms with Crippen molar-refractivity contribution in [2.24, 2.45) is 5.73 Å². The lowest BCUT2D eigenvalue weighted by molar-refractivity contribution is 0.221. The van der Waals surface area contributed by atoms with Gasteiger partial charge in [0.25, 0.3) is 0 Å². The average molecular weight is 253 g/mol. The number of hydrogen-bond acceptors (Lipinski definition) is 4. The van der Waals surface area contributed by atoms with Gasteiger partial charge < -0.3 is 5.73 Å². The largest absolute Gasteiger partial charge is 0.326 e. The van der Waals surface area contributed by atoms with Crippen LogP contribution in [0.1, 0.15) is 24.9 Å². The van der Waals surface area contributed by atoms with Gasteiger partial charge >= 0.3 is 0 Å². The zero-order valence-corrected chi connectivity index (χ0v) is 11.8. The smallest absolute Gasteiger partial charge is 0.0511 e. The van der Waals surface area contributed by atoms with Crippen molar-refractivity contribution in [1.82, 2.24) is 9.88 Å². The molecule has 0 fully saturated rings. The van der Waals surface area contributed by atoms with E-state index in [2.05, 4.69) is 36.2 Å². The second kappa shape index (κ2) is 7.69. The standard InChI is InChI=1S/C13H23N3S/c1-4-12(14)13(16(2)8-9-17-3)11-6-5-7-15-10-11/h5-7,10,12-13H,4,8-9,14H2,1-3H3. The van der Waals surface area contributed by atoms with E-state index in [-0.39, 0.29) is 12.1 Å². The molecule has 1 rings (SSSR count). The van der Waals surface area contributed by atoms with Crippen LogP contribution in [0.4, 0.5) is 0 Å². The summed E-state index contributed by atoms with van der Waals surface area (Å²) >= 11 is 1.86. The van der Waals surface area contributed by atoms with E-state index >= 15 is 0 Å². The second-order valence-electron chi connectivity index (χ2n) is 4.28. The summed E-state index contributed by atoms with van der Waals surface area (Å²) in [6, 6.07) is 4.52. The summed E-state index contributed by atoms with van der Waals surface area (Å²) in [4.78, 5) is 6.53. The summed E-state index contributed by atoms with van der Waals surface area (Å²) in [7, 11) is 2.14. The van der Waals surface area contributed by atoms with E-state index in [1.807, 2.05) is 24.0 Å². The molecule has 0 amide bonds. The summed E-state index contributed by atoms with van der Waals surface area (Å²) < 4.78 is 0. The predicted octanol–water partition coefficient (Wildman–Crippen LogP) is 2.15. The molecule has 96 valence electrons. The van der Waals surface area contributed by atoms with Crippen molar-refractivity contribution in [2.45, 2.75) is 25.4 Å². The van der Waals surface area contributed by atoms with Crippen LogP contribution in [0.2, 0.25) is 0 Å². The summed E-state index contributed by atoms with van der Waals surface area (Å²) in [5, 5.41) is 0. The van der Waals surface area contributed by atoms with Gasteiger partial charge in [-0.2, -0.15) is 11.8 Å². The predicted molar refractivity (Wildman–Crippen MR) is 76.3 cm³/mol. The number of pyridine rings is 1. The molecule has 0 bridgehead atoms. The minimum Gasteiger partial charge on any atom is -0.326 e. The highest BCUT2D eigenvalue weighted by molar-refractivity contribution is 7.98. The van der Waals surface area contributed by atoms with Gasteiger partial charge in [-0.1, -0.05) is 13.0 Å². The highest BCUT2D eigenvalue weighted by Crippen LogP contribution is 2.23. The third kappa shape index (κ3) is 4.30. The summed E-state index contributed by atoms with van der Waals surface area (Å²) in [5.41, 5.74) is 7.46. The lowest BCUT2D eigenvalue weighted by Gasteiger charge is -2.32. The van der Waals surface area contributed by atoms with Gasteiger partial charge in [0.1, 0.15) is 0 Å². The van der Waals surface area contributed by atoms with E-state index in [4.69, 9.17) is 5.73 Å². The van der Waals surface area contributed by atoms with Crippen molar-refractivity contribution in [2.75, 3.05) is 25.6 Å². The number of thioether (sulfide) groups is 1. The topological polar surface area (TPSA) is 42.1 Å². The van der Waals surface area contributed by atoms with Crippen LogP contribution in [0.15, 0.2) is 24.5 Å². The monoisotopic (exact) mass is 253 g/mol. The molecule has 2 N–H and O–H groups in total. The molecule has 0 aliphatic carbocycles. The number of rotatable bonds is 7. The van der Waals surface area contributed by atoms with Crippen LogP contribution in [-0.2, 0) is 0 Å². The van der Waals surface area contributed by atoms with E-state index in [1.54, 1.807) is 6.20 Å². The first-order valence-corrected chi connectivity index (χ1v) is 7.44. The summed E-state index contributed by atoms with van der Waals surface area (Å²) in [5.74, 6) is 1.13. The van der Waals surface area contributed by atoms with Gasteiger partial charge in [0.05, 0.1) is 6.04 Å². The molecule has 1 aromatic rings. The fourth-order valence-corrected chi connectivity index (χ4v) is 2.45. The molecule has 0 saturated carbocycles. The third-order valence-corrected chi connectivity index (χ3v) is 3.62. The molecule has 0 radical (unpaired) electrons. The molecule has 0 spiro atoms. The number of likely N-dealkylation sites (N-methyl/N-ethyl adjacent to an activating group) is 1. The molecule has 0 aliphatic rings. The van der Waals surface area contributed by atoms with Gasteiger partial charge in [-0.3, -0.25) is 9.88 Å². The van der Waals surface area contributed by atoms with Crippen molar-refractivity contribution < 1.29 is 0 Å². The Hall–Kier alpha value is -0.580.